The van der Waals surface area contributed by atoms with Crippen LogP contribution in [0.4, 0.5) is 11.6 Å². The van der Waals surface area contributed by atoms with Crippen molar-refractivity contribution in [1.82, 2.24) is 9.55 Å². The summed E-state index contributed by atoms with van der Waals surface area (Å²) >= 11 is 0. The van der Waals surface area contributed by atoms with E-state index in [0.29, 0.717) is 11.5 Å². The maximum atomic E-state index is 11.5. The van der Waals surface area contributed by atoms with Crippen LogP contribution in [-0.2, 0) is 0 Å². The van der Waals surface area contributed by atoms with Gasteiger partial charge in [-0.1, -0.05) is 12.1 Å². The Morgan fingerprint density at radius 3 is 2.88 bits per heavy atom. The number of aromatic hydroxyl groups is 1. The molecule has 0 saturated heterocycles. The summed E-state index contributed by atoms with van der Waals surface area (Å²) in [6, 6.07) is 9.76. The standard InChI is InChI=1S/C16H14N6O4/c1-26-13-6-8(11(22(24)25)7-12(13)23)14-19-15(17)20-16-18-9-4-2-3-5-10(9)21(14)16/h2-7,14,23H,1H3,(H3,17,18,19,20). The third-order valence-corrected chi connectivity index (χ3v) is 4.14. The van der Waals surface area contributed by atoms with Gasteiger partial charge >= 0.3 is 0 Å². The molecular formula is C16H14N6O4. The zero-order valence-corrected chi connectivity index (χ0v) is 13.6. The summed E-state index contributed by atoms with van der Waals surface area (Å²) in [4.78, 5) is 19.7. The molecule has 26 heavy (non-hydrogen) atoms. The summed E-state index contributed by atoms with van der Waals surface area (Å²) < 4.78 is 6.81. The van der Waals surface area contributed by atoms with Gasteiger partial charge in [0.15, 0.2) is 23.6 Å². The van der Waals surface area contributed by atoms with E-state index in [1.54, 1.807) is 4.57 Å². The van der Waals surface area contributed by atoms with Crippen LogP contribution < -0.4 is 15.8 Å². The third-order valence-electron chi connectivity index (χ3n) is 4.14. The first kappa shape index (κ1) is 15.7. The molecule has 0 amide bonds. The number of nitrogens with two attached hydrogens (primary N) is 1. The molecule has 0 aliphatic carbocycles. The van der Waals surface area contributed by atoms with Crippen LogP contribution in [0, 0.1) is 10.1 Å². The van der Waals surface area contributed by atoms with E-state index in [-0.39, 0.29) is 28.7 Å². The number of nitro groups is 1. The minimum Gasteiger partial charge on any atom is -0.504 e. The van der Waals surface area contributed by atoms with Gasteiger partial charge in [-0.3, -0.25) is 20.0 Å². The number of guanidine groups is 1. The summed E-state index contributed by atoms with van der Waals surface area (Å²) in [5, 5.41) is 24.3. The number of aromatic nitrogens is 2. The second kappa shape index (κ2) is 5.62. The molecule has 1 aromatic heterocycles. The molecular weight excluding hydrogens is 340 g/mol. The molecule has 0 saturated carbocycles. The van der Waals surface area contributed by atoms with Crippen LogP contribution >= 0.6 is 0 Å². The summed E-state index contributed by atoms with van der Waals surface area (Å²) in [7, 11) is 1.36. The highest BCUT2D eigenvalue weighted by Gasteiger charge is 2.31. The van der Waals surface area contributed by atoms with Crippen LogP contribution in [0.2, 0.25) is 0 Å². The zero-order chi connectivity index (χ0) is 18.4. The average molecular weight is 354 g/mol. The first-order valence-corrected chi connectivity index (χ1v) is 7.62. The third kappa shape index (κ3) is 2.27. The van der Waals surface area contributed by atoms with Crippen LogP contribution in [0.15, 0.2) is 41.4 Å². The van der Waals surface area contributed by atoms with E-state index in [9.17, 15) is 15.2 Å². The lowest BCUT2D eigenvalue weighted by Crippen LogP contribution is -2.31. The molecule has 2 heterocycles. The van der Waals surface area contributed by atoms with Gasteiger partial charge in [0.2, 0.25) is 5.95 Å². The highest BCUT2D eigenvalue weighted by atomic mass is 16.6. The number of nitro benzene ring substituents is 1. The van der Waals surface area contributed by atoms with E-state index < -0.39 is 11.1 Å². The number of hydrogen-bond acceptors (Lipinski definition) is 8. The molecule has 0 bridgehead atoms. The number of phenolic OH excluding ortho intramolecular Hbond substituents is 1. The van der Waals surface area contributed by atoms with Gasteiger partial charge < -0.3 is 15.6 Å². The molecule has 132 valence electrons. The smallest absolute Gasteiger partial charge is 0.280 e. The lowest BCUT2D eigenvalue weighted by Gasteiger charge is -2.24. The number of para-hydroxylation sites is 2. The van der Waals surface area contributed by atoms with Gasteiger partial charge in [0.1, 0.15) is 0 Å². The number of methoxy groups -OCH3 is 1. The van der Waals surface area contributed by atoms with Gasteiger partial charge in [0.05, 0.1) is 34.7 Å². The predicted molar refractivity (Wildman–Crippen MR) is 94.4 cm³/mol. The largest absolute Gasteiger partial charge is 0.504 e. The van der Waals surface area contributed by atoms with Crippen molar-refractivity contribution in [3.8, 4) is 11.5 Å². The van der Waals surface area contributed by atoms with Crippen molar-refractivity contribution in [2.45, 2.75) is 6.17 Å². The average Bonchev–Trinajstić information content (AvgIpc) is 2.98. The maximum absolute atomic E-state index is 11.5. The van der Waals surface area contributed by atoms with Crippen LogP contribution in [-0.4, -0.2) is 32.7 Å². The molecule has 3 aromatic rings. The number of imidazole rings is 1. The molecule has 0 fully saturated rings. The van der Waals surface area contributed by atoms with E-state index in [0.717, 1.165) is 11.6 Å². The first-order valence-electron chi connectivity index (χ1n) is 7.62. The van der Waals surface area contributed by atoms with Crippen molar-refractivity contribution in [3.05, 3.63) is 52.1 Å². The normalized spacial score (nSPS) is 15.9. The lowest BCUT2D eigenvalue weighted by atomic mass is 10.1. The number of nitrogens with one attached hydrogen (secondary N) is 1. The van der Waals surface area contributed by atoms with Crippen molar-refractivity contribution in [1.29, 1.82) is 0 Å². The summed E-state index contributed by atoms with van der Waals surface area (Å²) in [6.07, 6.45) is -0.839. The highest BCUT2D eigenvalue weighted by Crippen LogP contribution is 2.41. The number of ether oxygens (including phenoxy) is 1. The Morgan fingerprint density at radius 1 is 1.38 bits per heavy atom. The Kier molecular flexibility index (Phi) is 3.39. The number of anilines is 1. The topological polar surface area (TPSA) is 141 Å². The molecule has 10 heteroatoms. The van der Waals surface area contributed by atoms with Crippen LogP contribution in [0.25, 0.3) is 11.0 Å². The molecule has 0 radical (unpaired) electrons. The summed E-state index contributed by atoms with van der Waals surface area (Å²) in [5.41, 5.74) is 7.21. The fraction of sp³-hybridized carbons (Fsp3) is 0.125. The number of hydrogen-bond donors (Lipinski definition) is 3. The molecule has 4 N–H and O–H groups in total. The molecule has 1 atom stereocenters. The van der Waals surface area contributed by atoms with Crippen molar-refractivity contribution < 1.29 is 14.8 Å². The maximum Gasteiger partial charge on any atom is 0.280 e. The SMILES string of the molecule is COc1cc(C2N=C(N)Nc3nc4ccccc4n32)c([N+](=O)[O-])cc1O. The quantitative estimate of drug-likeness (QED) is 0.482. The van der Waals surface area contributed by atoms with Gasteiger partial charge in [-0.15, -0.1) is 0 Å². The van der Waals surface area contributed by atoms with E-state index >= 15 is 0 Å². The Bertz CT molecular complexity index is 1070. The Balaban J connectivity index is 2.02. The van der Waals surface area contributed by atoms with Crippen molar-refractivity contribution in [2.75, 3.05) is 12.4 Å². The van der Waals surface area contributed by atoms with E-state index in [1.165, 1.54) is 13.2 Å². The molecule has 1 unspecified atom stereocenters. The lowest BCUT2D eigenvalue weighted by molar-refractivity contribution is -0.385. The second-order valence-electron chi connectivity index (χ2n) is 5.65. The van der Waals surface area contributed by atoms with Gasteiger partial charge in [0, 0.05) is 0 Å². The van der Waals surface area contributed by atoms with Crippen molar-refractivity contribution >= 4 is 28.6 Å². The van der Waals surface area contributed by atoms with Gasteiger partial charge in [-0.05, 0) is 18.2 Å². The number of rotatable bonds is 3. The fourth-order valence-electron chi connectivity index (χ4n) is 3.03. The Hall–Kier alpha value is -3.82. The molecule has 10 nitrogen and oxygen atoms in total. The number of benzene rings is 2. The second-order valence-corrected chi connectivity index (χ2v) is 5.65. The fourth-order valence-corrected chi connectivity index (χ4v) is 3.03. The Morgan fingerprint density at radius 2 is 2.15 bits per heavy atom. The van der Waals surface area contributed by atoms with Gasteiger partial charge in [0.25, 0.3) is 5.69 Å². The molecule has 1 aliphatic heterocycles. The molecule has 1 aliphatic rings. The van der Waals surface area contributed by atoms with Crippen LogP contribution in [0.5, 0.6) is 11.5 Å². The predicted octanol–water partition coefficient (Wildman–Crippen LogP) is 1.95. The molecule has 0 spiro atoms. The molecule has 2 aromatic carbocycles. The Labute approximate surface area is 146 Å². The van der Waals surface area contributed by atoms with Crippen molar-refractivity contribution in [3.63, 3.8) is 0 Å². The number of aliphatic imine (C=N–C) groups is 1. The minimum atomic E-state index is -0.839. The highest BCUT2D eigenvalue weighted by molar-refractivity contribution is 5.94. The zero-order valence-electron chi connectivity index (χ0n) is 13.6. The minimum absolute atomic E-state index is 0.0825. The summed E-state index contributed by atoms with van der Waals surface area (Å²) in [6.45, 7) is 0. The van der Waals surface area contributed by atoms with Crippen LogP contribution in [0.1, 0.15) is 11.7 Å². The van der Waals surface area contributed by atoms with E-state index in [4.69, 9.17) is 10.5 Å². The van der Waals surface area contributed by atoms with Gasteiger partial charge in [-0.25, -0.2) is 9.98 Å². The first-order chi connectivity index (χ1) is 12.5. The molecule has 4 rings (SSSR count). The van der Waals surface area contributed by atoms with E-state index in [2.05, 4.69) is 15.3 Å². The number of fused-ring (bicyclic) bond motifs is 3. The van der Waals surface area contributed by atoms with Crippen molar-refractivity contribution in [2.24, 2.45) is 10.7 Å². The monoisotopic (exact) mass is 354 g/mol. The summed E-state index contributed by atoms with van der Waals surface area (Å²) in [5.74, 6) is 0.276. The van der Waals surface area contributed by atoms with Crippen LogP contribution in [0.3, 0.4) is 0 Å². The number of phenols is 1. The van der Waals surface area contributed by atoms with Gasteiger partial charge in [-0.2, -0.15) is 0 Å². The number of nitrogens with zero attached hydrogens (tertiary/aromatic N) is 4. The van der Waals surface area contributed by atoms with E-state index in [1.807, 2.05) is 24.3 Å².